The second-order valence-electron chi connectivity index (χ2n) is 13.5. The lowest BCUT2D eigenvalue weighted by Gasteiger charge is -2.25. The van der Waals surface area contributed by atoms with Gasteiger partial charge in [0.2, 0.25) is 20.0 Å². The number of primary sulfonamides is 2. The molecule has 2 atom stereocenters. The molecule has 0 bridgehead atoms. The van der Waals surface area contributed by atoms with E-state index in [1.54, 1.807) is 0 Å². The molecular weight excluding hydrogens is 873 g/mol. The Kier molecular flexibility index (Phi) is 12.2. The van der Waals surface area contributed by atoms with Crippen LogP contribution in [0.3, 0.4) is 0 Å². The molecule has 4 aromatic rings. The summed E-state index contributed by atoms with van der Waals surface area (Å²) in [6.45, 7) is 3.71. The number of nitrogens with zero attached hydrogens (tertiary/aromatic N) is 4. The molecule has 60 heavy (non-hydrogen) atoms. The number of hydrogen-bond acceptors (Lipinski definition) is 8. The molecule has 4 aromatic carbocycles. The van der Waals surface area contributed by atoms with Gasteiger partial charge in [-0.2, -0.15) is 62.9 Å². The first kappa shape index (κ1) is 45.9. The quantitative estimate of drug-likeness (QED) is 0.184. The molecule has 4 N–H and O–H groups in total. The predicted molar refractivity (Wildman–Crippen MR) is 195 cm³/mol. The number of halogens is 12. The maximum Gasteiger partial charge on any atom is 0.431 e. The van der Waals surface area contributed by atoms with Gasteiger partial charge >= 0.3 is 24.7 Å². The molecule has 0 radical (unpaired) electrons. The largest absolute Gasteiger partial charge is 0.431 e. The number of sulfonamides is 2. The molecule has 0 fully saturated rings. The maximum atomic E-state index is 13.3. The summed E-state index contributed by atoms with van der Waals surface area (Å²) in [6, 6.07) is 12.9. The van der Waals surface area contributed by atoms with Gasteiger partial charge < -0.3 is 0 Å². The first-order valence-electron chi connectivity index (χ1n) is 16.8. The van der Waals surface area contributed by atoms with E-state index in [4.69, 9.17) is 10.3 Å². The van der Waals surface area contributed by atoms with Crippen LogP contribution in [0, 0.1) is 13.8 Å². The fourth-order valence-corrected chi connectivity index (χ4v) is 7.24. The average Bonchev–Trinajstić information content (AvgIpc) is 3.78. The van der Waals surface area contributed by atoms with E-state index in [1.165, 1.54) is 29.3 Å². The van der Waals surface area contributed by atoms with E-state index in [9.17, 15) is 69.5 Å². The highest BCUT2D eigenvalue weighted by Gasteiger charge is 2.46. The van der Waals surface area contributed by atoms with Gasteiger partial charge in [0.05, 0.1) is 44.4 Å². The molecule has 6 rings (SSSR count). The fourth-order valence-electron chi connectivity index (χ4n) is 6.21. The molecule has 0 saturated carbocycles. The zero-order valence-electron chi connectivity index (χ0n) is 30.6. The first-order chi connectivity index (χ1) is 27.3. The molecule has 2 aliphatic rings. The van der Waals surface area contributed by atoms with E-state index in [0.29, 0.717) is 22.8 Å². The summed E-state index contributed by atoms with van der Waals surface area (Å²) in [5, 5.41) is 19.0. The van der Waals surface area contributed by atoms with Gasteiger partial charge in [0.25, 0.3) is 0 Å². The Morgan fingerprint density at radius 2 is 0.917 bits per heavy atom. The van der Waals surface area contributed by atoms with Crippen molar-refractivity contribution in [2.75, 3.05) is 10.0 Å². The Bertz CT molecular complexity index is 2510. The second kappa shape index (κ2) is 16.0. The van der Waals surface area contributed by atoms with Crippen LogP contribution in [-0.2, 0) is 32.4 Å². The van der Waals surface area contributed by atoms with E-state index in [0.717, 1.165) is 41.0 Å². The van der Waals surface area contributed by atoms with Crippen LogP contribution in [0.4, 0.5) is 64.1 Å². The Morgan fingerprint density at radius 3 is 1.28 bits per heavy atom. The van der Waals surface area contributed by atoms with Crippen molar-refractivity contribution in [3.63, 3.8) is 0 Å². The molecule has 10 nitrogen and oxygen atoms in total. The van der Waals surface area contributed by atoms with Crippen LogP contribution in [0.5, 0.6) is 0 Å². The molecule has 0 aliphatic carbocycles. The van der Waals surface area contributed by atoms with Crippen LogP contribution >= 0.6 is 0 Å². The van der Waals surface area contributed by atoms with Crippen molar-refractivity contribution >= 4 is 42.8 Å². The van der Waals surface area contributed by atoms with Crippen LogP contribution in [-0.4, -0.2) is 40.6 Å². The lowest BCUT2D eigenvalue weighted by Crippen LogP contribution is -2.22. The molecule has 2 heterocycles. The Balaban J connectivity index is 0.000000232. The van der Waals surface area contributed by atoms with Crippen LogP contribution < -0.4 is 20.3 Å². The molecule has 2 unspecified atom stereocenters. The highest BCUT2D eigenvalue weighted by molar-refractivity contribution is 7.89. The normalized spacial score (nSPS) is 17.9. The number of benzene rings is 4. The van der Waals surface area contributed by atoms with E-state index in [2.05, 4.69) is 10.2 Å². The van der Waals surface area contributed by atoms with Crippen LogP contribution in [0.25, 0.3) is 0 Å². The topological polar surface area (TPSA) is 152 Å². The lowest BCUT2D eigenvalue weighted by molar-refractivity contribution is -0.143. The van der Waals surface area contributed by atoms with Crippen molar-refractivity contribution < 1.29 is 69.5 Å². The molecule has 324 valence electrons. The second-order valence-corrected chi connectivity index (χ2v) is 16.6. The van der Waals surface area contributed by atoms with Crippen molar-refractivity contribution in [1.29, 1.82) is 0 Å². The smallest absolute Gasteiger partial charge is 0.257 e. The summed E-state index contributed by atoms with van der Waals surface area (Å²) in [6.07, 6.45) is -21.3. The Hall–Kier alpha value is -5.20. The summed E-state index contributed by atoms with van der Waals surface area (Å²) in [5.41, 5.74) is -3.74. The van der Waals surface area contributed by atoms with Gasteiger partial charge in [-0.25, -0.2) is 27.1 Å². The number of rotatable bonds is 6. The molecule has 2 aliphatic heterocycles. The van der Waals surface area contributed by atoms with Crippen LogP contribution in [0.1, 0.15) is 58.3 Å². The third-order valence-corrected chi connectivity index (χ3v) is 11.0. The summed E-state index contributed by atoms with van der Waals surface area (Å²) < 4.78 is 205. The summed E-state index contributed by atoms with van der Waals surface area (Å²) in [5.74, 6) is 0. The van der Waals surface area contributed by atoms with E-state index in [-0.39, 0.29) is 23.1 Å². The van der Waals surface area contributed by atoms with Crippen molar-refractivity contribution in [3.05, 3.63) is 118 Å². The summed E-state index contributed by atoms with van der Waals surface area (Å²) >= 11 is 0. The number of hydrogen-bond donors (Lipinski definition) is 2. The predicted octanol–water partition coefficient (Wildman–Crippen LogP) is 9.06. The average molecular weight is 903 g/mol. The zero-order valence-corrected chi connectivity index (χ0v) is 32.2. The third kappa shape index (κ3) is 10.6. The third-order valence-electron chi connectivity index (χ3n) is 9.12. The van der Waals surface area contributed by atoms with Crippen molar-refractivity contribution in [3.8, 4) is 0 Å². The SMILES string of the molecule is Cc1ccc(C)c(C2CC(C(F)(F)F)=NN2c2ccc(S(N)(=O)=O)cc2)c1.NS(=O)(=O)c1ccc(N2N=C(C(F)(F)F)CC2c2cc(C(F)(F)F)cc(C(F)(F)F)c2)cc1. The van der Waals surface area contributed by atoms with Gasteiger partial charge in [-0.1, -0.05) is 23.8 Å². The fraction of sp³-hybridized carbons (Fsp3) is 0.278. The molecule has 0 spiro atoms. The molecule has 0 amide bonds. The minimum atomic E-state index is -5.20. The van der Waals surface area contributed by atoms with Gasteiger partial charge in [-0.3, -0.25) is 10.0 Å². The number of alkyl halides is 12. The maximum absolute atomic E-state index is 13.3. The van der Waals surface area contributed by atoms with E-state index in [1.807, 2.05) is 32.0 Å². The van der Waals surface area contributed by atoms with Gasteiger partial charge in [0, 0.05) is 12.8 Å². The van der Waals surface area contributed by atoms with E-state index >= 15 is 0 Å². The number of anilines is 2. The van der Waals surface area contributed by atoms with Crippen LogP contribution in [0.15, 0.2) is 105 Å². The van der Waals surface area contributed by atoms with Gasteiger partial charge in [-0.15, -0.1) is 0 Å². The molecule has 0 saturated heterocycles. The monoisotopic (exact) mass is 902 g/mol. The van der Waals surface area contributed by atoms with Gasteiger partial charge in [-0.05, 0) is 97.3 Å². The van der Waals surface area contributed by atoms with Crippen molar-refractivity contribution in [2.24, 2.45) is 20.5 Å². The number of nitrogens with two attached hydrogens (primary N) is 2. The molecule has 0 aromatic heterocycles. The van der Waals surface area contributed by atoms with E-state index < -0.39 is 96.3 Å². The Morgan fingerprint density at radius 1 is 0.533 bits per heavy atom. The standard InChI is InChI=1S/C18H12F9N3O2S.C18H18F3N3O2S/c19-16(20,21)10-5-9(6-11(7-10)17(22,23)24)14-8-15(18(25,26)27)29-30(14)12-1-3-13(4-2-12)33(28,31)32;1-11-3-4-12(2)15(9-11)16-10-17(18(19,20)21)23-24(16)13-5-7-14(8-6-13)27(22,25)26/h1-7,14H,8H2,(H2,28,31,32);3-9,16H,10H2,1-2H3,(H2,22,25,26). The zero-order chi connectivity index (χ0) is 45.0. The molecule has 24 heteroatoms. The van der Waals surface area contributed by atoms with Crippen molar-refractivity contribution in [1.82, 2.24) is 0 Å². The Labute approximate surface area is 333 Å². The number of hydrazone groups is 2. The van der Waals surface area contributed by atoms with Crippen molar-refractivity contribution in [2.45, 2.75) is 73.3 Å². The summed E-state index contributed by atoms with van der Waals surface area (Å²) in [7, 11) is -8.06. The highest BCUT2D eigenvalue weighted by atomic mass is 32.2. The highest BCUT2D eigenvalue weighted by Crippen LogP contribution is 2.44. The number of aryl methyl sites for hydroxylation is 2. The molecular formula is C36H30F12N6O4S2. The first-order valence-corrected chi connectivity index (χ1v) is 19.9. The van der Waals surface area contributed by atoms with Gasteiger partial charge in [0.15, 0.2) is 0 Å². The lowest BCUT2D eigenvalue weighted by atomic mass is 9.95. The minimum Gasteiger partial charge on any atom is -0.257 e. The van der Waals surface area contributed by atoms with Crippen LogP contribution in [0.2, 0.25) is 0 Å². The summed E-state index contributed by atoms with van der Waals surface area (Å²) in [4.78, 5) is -0.533. The minimum absolute atomic E-state index is 0.117. The van der Waals surface area contributed by atoms with Gasteiger partial charge in [0.1, 0.15) is 11.4 Å².